The topological polar surface area (TPSA) is 87.6 Å². The van der Waals surface area contributed by atoms with E-state index in [1.54, 1.807) is 13.0 Å². The van der Waals surface area contributed by atoms with Gasteiger partial charge in [0.05, 0.1) is 6.61 Å². The number of nitrogens with two attached hydrogens (primary N) is 2. The van der Waals surface area contributed by atoms with E-state index in [0.29, 0.717) is 24.7 Å². The highest BCUT2D eigenvalue weighted by Crippen LogP contribution is 2.31. The van der Waals surface area contributed by atoms with Crippen LogP contribution >= 0.6 is 0 Å². The van der Waals surface area contributed by atoms with Crippen molar-refractivity contribution in [1.82, 2.24) is 0 Å². The molecule has 1 atom stereocenters. The predicted octanol–water partition coefficient (Wildman–Crippen LogP) is 0.797. The van der Waals surface area contributed by atoms with Gasteiger partial charge in [-0.2, -0.15) is 0 Å². The van der Waals surface area contributed by atoms with E-state index in [2.05, 4.69) is 0 Å². The summed E-state index contributed by atoms with van der Waals surface area (Å²) in [6.07, 6.45) is -0.720. The fourth-order valence-corrected chi connectivity index (χ4v) is 1.36. The first-order valence-electron chi connectivity index (χ1n) is 5.50. The maximum atomic E-state index is 11.0. The Labute approximate surface area is 101 Å². The van der Waals surface area contributed by atoms with Crippen LogP contribution < -0.4 is 20.9 Å². The Morgan fingerprint density at radius 2 is 2.18 bits per heavy atom. The lowest BCUT2D eigenvalue weighted by Gasteiger charge is -2.17. The van der Waals surface area contributed by atoms with Gasteiger partial charge in [-0.25, -0.2) is 0 Å². The minimum atomic E-state index is -0.720. The van der Waals surface area contributed by atoms with E-state index >= 15 is 0 Å². The number of primary amides is 1. The number of para-hydroxylation sites is 1. The molecule has 0 aliphatic heterocycles. The van der Waals surface area contributed by atoms with Gasteiger partial charge in [0.15, 0.2) is 17.6 Å². The highest BCUT2D eigenvalue weighted by molar-refractivity contribution is 5.78. The molecule has 1 rings (SSSR count). The van der Waals surface area contributed by atoms with Gasteiger partial charge in [-0.15, -0.1) is 0 Å². The van der Waals surface area contributed by atoms with Crippen LogP contribution in [0.5, 0.6) is 11.5 Å². The summed E-state index contributed by atoms with van der Waals surface area (Å²) < 4.78 is 10.9. The molecule has 4 N–H and O–H groups in total. The first kappa shape index (κ1) is 13.3. The van der Waals surface area contributed by atoms with Crippen molar-refractivity contribution < 1.29 is 14.3 Å². The minimum absolute atomic E-state index is 0.307. The number of amides is 1. The second-order valence-electron chi connectivity index (χ2n) is 3.54. The molecule has 0 fully saturated rings. The summed E-state index contributed by atoms with van der Waals surface area (Å²) in [5, 5.41) is 0. The monoisotopic (exact) mass is 238 g/mol. The van der Waals surface area contributed by atoms with Crippen molar-refractivity contribution in [1.29, 1.82) is 0 Å². The van der Waals surface area contributed by atoms with Crippen molar-refractivity contribution in [2.45, 2.75) is 26.5 Å². The van der Waals surface area contributed by atoms with Crippen LogP contribution in [0.2, 0.25) is 0 Å². The molecule has 1 unspecified atom stereocenters. The molecule has 0 radical (unpaired) electrons. The molecule has 0 spiro atoms. The zero-order valence-corrected chi connectivity index (χ0v) is 10.1. The largest absolute Gasteiger partial charge is 0.490 e. The maximum absolute atomic E-state index is 11.0. The summed E-state index contributed by atoms with van der Waals surface area (Å²) in [6.45, 7) is 4.28. The molecule has 1 aromatic rings. The van der Waals surface area contributed by atoms with Crippen molar-refractivity contribution in [3.8, 4) is 11.5 Å². The van der Waals surface area contributed by atoms with E-state index < -0.39 is 12.0 Å². The average Bonchev–Trinajstić information content (AvgIpc) is 2.31. The second-order valence-corrected chi connectivity index (χ2v) is 3.54. The number of carbonyl (C=O) groups excluding carboxylic acids is 1. The Balaban J connectivity index is 3.03. The Morgan fingerprint density at radius 3 is 2.71 bits per heavy atom. The summed E-state index contributed by atoms with van der Waals surface area (Å²) in [7, 11) is 0. The van der Waals surface area contributed by atoms with Crippen molar-refractivity contribution >= 4 is 5.91 Å². The molecule has 17 heavy (non-hydrogen) atoms. The summed E-state index contributed by atoms with van der Waals surface area (Å²) in [5.74, 6) is 0.533. The van der Waals surface area contributed by atoms with Gasteiger partial charge in [0.2, 0.25) is 0 Å². The standard InChI is InChI=1S/C12H18N2O3/c1-3-16-10-6-4-5-9(7-13)11(10)17-8(2)12(14)15/h4-6,8H,3,7,13H2,1-2H3,(H2,14,15). The summed E-state index contributed by atoms with van der Waals surface area (Å²) in [6, 6.07) is 5.42. The van der Waals surface area contributed by atoms with E-state index in [1.165, 1.54) is 0 Å². The van der Waals surface area contributed by atoms with E-state index in [0.717, 1.165) is 5.56 Å². The van der Waals surface area contributed by atoms with Crippen molar-refractivity contribution in [3.63, 3.8) is 0 Å². The normalized spacial score (nSPS) is 11.9. The fraction of sp³-hybridized carbons (Fsp3) is 0.417. The number of hydrogen-bond acceptors (Lipinski definition) is 4. The van der Waals surface area contributed by atoms with Gasteiger partial charge in [0.1, 0.15) is 0 Å². The van der Waals surface area contributed by atoms with Crippen LogP contribution in [0.3, 0.4) is 0 Å². The molecule has 0 saturated carbocycles. The van der Waals surface area contributed by atoms with Gasteiger partial charge >= 0.3 is 0 Å². The highest BCUT2D eigenvalue weighted by atomic mass is 16.5. The molecule has 1 aromatic carbocycles. The van der Waals surface area contributed by atoms with Crippen LogP contribution in [0.4, 0.5) is 0 Å². The first-order chi connectivity index (χ1) is 8.10. The summed E-state index contributed by atoms with van der Waals surface area (Å²) >= 11 is 0. The fourth-order valence-electron chi connectivity index (χ4n) is 1.36. The Bertz CT molecular complexity index is 393. The molecule has 0 aliphatic carbocycles. The third kappa shape index (κ3) is 3.35. The number of hydrogen-bond donors (Lipinski definition) is 2. The summed E-state index contributed by atoms with van der Waals surface area (Å²) in [4.78, 5) is 11.0. The minimum Gasteiger partial charge on any atom is -0.490 e. The molecule has 1 amide bonds. The lowest BCUT2D eigenvalue weighted by molar-refractivity contribution is -0.124. The van der Waals surface area contributed by atoms with Crippen molar-refractivity contribution in [3.05, 3.63) is 23.8 Å². The Hall–Kier alpha value is -1.75. The molecule has 5 heteroatoms. The van der Waals surface area contributed by atoms with E-state index in [1.807, 2.05) is 19.1 Å². The van der Waals surface area contributed by atoms with Crippen LogP contribution in [0.15, 0.2) is 18.2 Å². The number of ether oxygens (including phenoxy) is 2. The van der Waals surface area contributed by atoms with E-state index in [9.17, 15) is 4.79 Å². The van der Waals surface area contributed by atoms with Crippen LogP contribution in [0, 0.1) is 0 Å². The molecule has 0 saturated heterocycles. The zero-order chi connectivity index (χ0) is 12.8. The lowest BCUT2D eigenvalue weighted by atomic mass is 10.2. The number of benzene rings is 1. The smallest absolute Gasteiger partial charge is 0.258 e. The van der Waals surface area contributed by atoms with Gasteiger partial charge in [-0.3, -0.25) is 4.79 Å². The molecule has 0 bridgehead atoms. The molecule has 0 heterocycles. The van der Waals surface area contributed by atoms with Crippen LogP contribution in [0.25, 0.3) is 0 Å². The van der Waals surface area contributed by atoms with Gasteiger partial charge in [-0.05, 0) is 19.9 Å². The van der Waals surface area contributed by atoms with Crippen LogP contribution in [0.1, 0.15) is 19.4 Å². The van der Waals surface area contributed by atoms with Crippen LogP contribution in [-0.4, -0.2) is 18.6 Å². The SMILES string of the molecule is CCOc1cccc(CN)c1OC(C)C(N)=O. The molecular weight excluding hydrogens is 220 g/mol. The third-order valence-corrected chi connectivity index (χ3v) is 2.28. The highest BCUT2D eigenvalue weighted by Gasteiger charge is 2.16. The zero-order valence-electron chi connectivity index (χ0n) is 10.1. The second kappa shape index (κ2) is 6.10. The molecule has 0 aromatic heterocycles. The predicted molar refractivity (Wildman–Crippen MR) is 64.8 cm³/mol. The Morgan fingerprint density at radius 1 is 1.47 bits per heavy atom. The third-order valence-electron chi connectivity index (χ3n) is 2.28. The number of carbonyl (C=O) groups is 1. The van der Waals surface area contributed by atoms with Gasteiger partial charge in [-0.1, -0.05) is 12.1 Å². The quantitative estimate of drug-likeness (QED) is 0.767. The molecular formula is C12H18N2O3. The molecule has 94 valence electrons. The van der Waals surface area contributed by atoms with Gasteiger partial charge in [0.25, 0.3) is 5.91 Å². The van der Waals surface area contributed by atoms with E-state index in [-0.39, 0.29) is 0 Å². The maximum Gasteiger partial charge on any atom is 0.258 e. The van der Waals surface area contributed by atoms with Gasteiger partial charge in [0, 0.05) is 12.1 Å². The average molecular weight is 238 g/mol. The molecule has 0 aliphatic rings. The van der Waals surface area contributed by atoms with Gasteiger partial charge < -0.3 is 20.9 Å². The molecule has 5 nitrogen and oxygen atoms in total. The van der Waals surface area contributed by atoms with Crippen molar-refractivity contribution in [2.75, 3.05) is 6.61 Å². The van der Waals surface area contributed by atoms with Crippen molar-refractivity contribution in [2.24, 2.45) is 11.5 Å². The summed E-state index contributed by atoms with van der Waals surface area (Å²) in [5.41, 5.74) is 11.6. The number of rotatable bonds is 6. The lowest BCUT2D eigenvalue weighted by Crippen LogP contribution is -2.31. The van der Waals surface area contributed by atoms with E-state index in [4.69, 9.17) is 20.9 Å². The first-order valence-corrected chi connectivity index (χ1v) is 5.50. The van der Waals surface area contributed by atoms with Crippen LogP contribution in [-0.2, 0) is 11.3 Å². The Kier molecular flexibility index (Phi) is 4.78.